The Balaban J connectivity index is 1.99. The van der Waals surface area contributed by atoms with Crippen molar-refractivity contribution in [2.45, 2.75) is 59.5 Å². The number of fused-ring (bicyclic) bond motifs is 1. The van der Waals surface area contributed by atoms with E-state index < -0.39 is 5.63 Å². The average molecular weight is 389 g/mol. The van der Waals surface area contributed by atoms with Crippen LogP contribution in [0, 0.1) is 6.92 Å². The lowest BCUT2D eigenvalue weighted by Gasteiger charge is -2.30. The van der Waals surface area contributed by atoms with Crippen molar-refractivity contribution in [2.24, 2.45) is 0 Å². The summed E-state index contributed by atoms with van der Waals surface area (Å²) in [5.74, 6) is 0.583. The predicted molar refractivity (Wildman–Crippen MR) is 112 cm³/mol. The van der Waals surface area contributed by atoms with Gasteiger partial charge in [-0.2, -0.15) is 0 Å². The highest BCUT2D eigenvalue weighted by Gasteiger charge is 2.15. The quantitative estimate of drug-likeness (QED) is 0.668. The summed E-state index contributed by atoms with van der Waals surface area (Å²) in [4.78, 5) is 26.9. The Bertz CT molecular complexity index is 863. The third-order valence-electron chi connectivity index (χ3n) is 5.12. The summed E-state index contributed by atoms with van der Waals surface area (Å²) in [6.45, 7) is 11.9. The minimum atomic E-state index is -0.392. The molecule has 6 heteroatoms. The molecule has 0 aliphatic heterocycles. The van der Waals surface area contributed by atoms with Crippen molar-refractivity contribution in [3.8, 4) is 5.75 Å². The van der Waals surface area contributed by atoms with Gasteiger partial charge < -0.3 is 14.5 Å². The highest BCUT2D eigenvalue weighted by atomic mass is 16.5. The van der Waals surface area contributed by atoms with Gasteiger partial charge in [0.25, 0.3) is 0 Å². The first kappa shape index (κ1) is 22.0. The van der Waals surface area contributed by atoms with E-state index in [2.05, 4.69) is 37.9 Å². The lowest BCUT2D eigenvalue weighted by Crippen LogP contribution is -2.42. The Labute approximate surface area is 166 Å². The second-order valence-corrected chi connectivity index (χ2v) is 7.63. The van der Waals surface area contributed by atoms with E-state index in [1.165, 1.54) is 0 Å². The fourth-order valence-corrected chi connectivity index (χ4v) is 3.55. The molecule has 0 aliphatic carbocycles. The number of hydrogen-bond acceptors (Lipinski definition) is 5. The highest BCUT2D eigenvalue weighted by Crippen LogP contribution is 2.24. The molecule has 0 saturated carbocycles. The standard InChI is InChI=1S/C22H32N2O4/c1-14(2)24(15(3)4)12-11-23-21(25)10-9-19-16(5)18-8-7-17(27-6)13-20(18)28-22(19)26/h7-8,13-15H,9-12H2,1-6H3,(H,23,25). The topological polar surface area (TPSA) is 71.8 Å². The molecule has 1 N–H and O–H groups in total. The first-order valence-electron chi connectivity index (χ1n) is 9.87. The van der Waals surface area contributed by atoms with Gasteiger partial charge in [0.2, 0.25) is 5.91 Å². The van der Waals surface area contributed by atoms with E-state index in [1.54, 1.807) is 13.2 Å². The second-order valence-electron chi connectivity index (χ2n) is 7.63. The van der Waals surface area contributed by atoms with E-state index in [0.717, 1.165) is 17.5 Å². The molecule has 0 spiro atoms. The number of amides is 1. The lowest BCUT2D eigenvalue weighted by molar-refractivity contribution is -0.121. The Morgan fingerprint density at radius 3 is 2.50 bits per heavy atom. The fraction of sp³-hybridized carbons (Fsp3) is 0.545. The summed E-state index contributed by atoms with van der Waals surface area (Å²) < 4.78 is 10.6. The van der Waals surface area contributed by atoms with Crippen molar-refractivity contribution in [1.29, 1.82) is 0 Å². The van der Waals surface area contributed by atoms with E-state index in [-0.39, 0.29) is 12.3 Å². The number of hydrogen-bond donors (Lipinski definition) is 1. The molecule has 1 heterocycles. The summed E-state index contributed by atoms with van der Waals surface area (Å²) in [6.07, 6.45) is 0.622. The number of aryl methyl sites for hydroxylation is 1. The van der Waals surface area contributed by atoms with Crippen LogP contribution in [0.1, 0.15) is 45.2 Å². The summed E-state index contributed by atoms with van der Waals surface area (Å²) >= 11 is 0. The second kappa shape index (κ2) is 9.73. The molecule has 0 radical (unpaired) electrons. The molecular formula is C22H32N2O4. The van der Waals surface area contributed by atoms with Crippen LogP contribution in [0.25, 0.3) is 11.0 Å². The van der Waals surface area contributed by atoms with Gasteiger partial charge in [-0.3, -0.25) is 9.69 Å². The van der Waals surface area contributed by atoms with Gasteiger partial charge in [0.15, 0.2) is 0 Å². The molecule has 0 unspecified atom stereocenters. The number of benzene rings is 1. The third-order valence-corrected chi connectivity index (χ3v) is 5.12. The number of nitrogens with one attached hydrogen (secondary N) is 1. The normalized spacial score (nSPS) is 11.6. The van der Waals surface area contributed by atoms with Crippen LogP contribution >= 0.6 is 0 Å². The number of rotatable bonds is 9. The molecule has 1 amide bonds. The Hall–Kier alpha value is -2.34. The van der Waals surface area contributed by atoms with Crippen LogP contribution in [0.3, 0.4) is 0 Å². The van der Waals surface area contributed by atoms with E-state index in [9.17, 15) is 9.59 Å². The van der Waals surface area contributed by atoms with Gasteiger partial charge in [0, 0.05) is 48.6 Å². The lowest BCUT2D eigenvalue weighted by atomic mass is 10.0. The van der Waals surface area contributed by atoms with E-state index >= 15 is 0 Å². The Morgan fingerprint density at radius 2 is 1.89 bits per heavy atom. The first-order chi connectivity index (χ1) is 13.2. The average Bonchev–Trinajstić information content (AvgIpc) is 2.63. The smallest absolute Gasteiger partial charge is 0.339 e. The largest absolute Gasteiger partial charge is 0.497 e. The predicted octanol–water partition coefficient (Wildman–Crippen LogP) is 3.28. The number of ether oxygens (including phenoxy) is 1. The molecule has 1 aromatic carbocycles. The molecule has 0 atom stereocenters. The number of nitrogens with zero attached hydrogens (tertiary/aromatic N) is 1. The molecule has 28 heavy (non-hydrogen) atoms. The summed E-state index contributed by atoms with van der Waals surface area (Å²) in [7, 11) is 1.57. The van der Waals surface area contributed by atoms with E-state index in [1.807, 2.05) is 19.1 Å². The zero-order chi connectivity index (χ0) is 20.8. The molecule has 2 rings (SSSR count). The van der Waals surface area contributed by atoms with Crippen LogP contribution < -0.4 is 15.7 Å². The Morgan fingerprint density at radius 1 is 1.21 bits per heavy atom. The molecule has 0 fully saturated rings. The van der Waals surface area contributed by atoms with Gasteiger partial charge in [0.1, 0.15) is 11.3 Å². The number of carbonyl (C=O) groups is 1. The molecule has 154 valence electrons. The summed E-state index contributed by atoms with van der Waals surface area (Å²) in [5.41, 5.74) is 1.51. The SMILES string of the molecule is COc1ccc2c(C)c(CCC(=O)NCCN(C(C)C)C(C)C)c(=O)oc2c1. The van der Waals surface area contributed by atoms with Crippen LogP contribution in [0.2, 0.25) is 0 Å². The van der Waals surface area contributed by atoms with Crippen LogP contribution in [0.4, 0.5) is 0 Å². The van der Waals surface area contributed by atoms with Gasteiger partial charge in [-0.05, 0) is 58.7 Å². The summed E-state index contributed by atoms with van der Waals surface area (Å²) in [6, 6.07) is 6.28. The maximum atomic E-state index is 12.4. The van der Waals surface area contributed by atoms with Crippen molar-refractivity contribution < 1.29 is 13.9 Å². The minimum Gasteiger partial charge on any atom is -0.497 e. The van der Waals surface area contributed by atoms with Crippen LogP contribution in [-0.4, -0.2) is 43.1 Å². The summed E-state index contributed by atoms with van der Waals surface area (Å²) in [5, 5.41) is 3.82. The van der Waals surface area contributed by atoms with Crippen LogP contribution in [-0.2, 0) is 11.2 Å². The molecule has 0 aliphatic rings. The number of methoxy groups -OCH3 is 1. The van der Waals surface area contributed by atoms with Crippen molar-refractivity contribution >= 4 is 16.9 Å². The molecule has 0 bridgehead atoms. The first-order valence-corrected chi connectivity index (χ1v) is 9.87. The van der Waals surface area contributed by atoms with E-state index in [4.69, 9.17) is 9.15 Å². The highest BCUT2D eigenvalue weighted by molar-refractivity contribution is 5.82. The van der Waals surface area contributed by atoms with Crippen LogP contribution in [0.15, 0.2) is 27.4 Å². The van der Waals surface area contributed by atoms with E-state index in [0.29, 0.717) is 41.9 Å². The molecule has 0 saturated heterocycles. The minimum absolute atomic E-state index is 0.0545. The number of carbonyl (C=O) groups excluding carboxylic acids is 1. The van der Waals surface area contributed by atoms with Crippen molar-refractivity contribution in [2.75, 3.05) is 20.2 Å². The molecule has 6 nitrogen and oxygen atoms in total. The zero-order valence-electron chi connectivity index (χ0n) is 17.8. The van der Waals surface area contributed by atoms with Gasteiger partial charge in [-0.25, -0.2) is 4.79 Å². The monoisotopic (exact) mass is 388 g/mol. The van der Waals surface area contributed by atoms with Gasteiger partial charge in [0.05, 0.1) is 7.11 Å². The third kappa shape index (κ3) is 5.35. The molecule has 2 aromatic rings. The molecule has 1 aromatic heterocycles. The van der Waals surface area contributed by atoms with Crippen molar-refractivity contribution in [1.82, 2.24) is 10.2 Å². The maximum Gasteiger partial charge on any atom is 0.339 e. The van der Waals surface area contributed by atoms with Gasteiger partial charge >= 0.3 is 5.63 Å². The van der Waals surface area contributed by atoms with Crippen molar-refractivity contribution in [3.05, 3.63) is 39.7 Å². The van der Waals surface area contributed by atoms with Gasteiger partial charge in [-0.1, -0.05) is 0 Å². The van der Waals surface area contributed by atoms with Crippen LogP contribution in [0.5, 0.6) is 5.75 Å². The fourth-order valence-electron chi connectivity index (χ4n) is 3.55. The van der Waals surface area contributed by atoms with Gasteiger partial charge in [-0.15, -0.1) is 0 Å². The van der Waals surface area contributed by atoms with Crippen molar-refractivity contribution in [3.63, 3.8) is 0 Å². The Kier molecular flexibility index (Phi) is 7.63. The maximum absolute atomic E-state index is 12.4. The zero-order valence-corrected chi connectivity index (χ0v) is 17.8. The molecular weight excluding hydrogens is 356 g/mol.